The van der Waals surface area contributed by atoms with Crippen LogP contribution >= 0.6 is 0 Å². The van der Waals surface area contributed by atoms with Crippen LogP contribution in [0.4, 0.5) is 14.5 Å². The van der Waals surface area contributed by atoms with Gasteiger partial charge in [-0.3, -0.25) is 9.69 Å². The van der Waals surface area contributed by atoms with Crippen molar-refractivity contribution >= 4 is 17.6 Å². The maximum Gasteiger partial charge on any atom is 0.329 e. The van der Waals surface area contributed by atoms with E-state index in [-0.39, 0.29) is 31.0 Å². The molecule has 0 bridgehead atoms. The van der Waals surface area contributed by atoms with Gasteiger partial charge in [-0.15, -0.1) is 0 Å². The number of carbonyl (C=O) groups excluding carboxylic acids is 2. The fourth-order valence-corrected chi connectivity index (χ4v) is 2.12. The van der Waals surface area contributed by atoms with Crippen LogP contribution < -0.4 is 4.90 Å². The topological polar surface area (TPSA) is 46.6 Å². The first kappa shape index (κ1) is 13.5. The number of rotatable bonds is 3. The fraction of sp³-hybridized carbons (Fsp3) is 0.385. The Kier molecular flexibility index (Phi) is 3.78. The Hall–Kier alpha value is -1.98. The number of amides is 1. The Labute approximate surface area is 109 Å². The highest BCUT2D eigenvalue weighted by Crippen LogP contribution is 2.29. The molecule has 0 N–H and O–H groups in total. The minimum absolute atomic E-state index is 0.0954. The lowest BCUT2D eigenvalue weighted by Crippen LogP contribution is -2.40. The number of ether oxygens (including phenoxy) is 1. The van der Waals surface area contributed by atoms with Crippen molar-refractivity contribution in [2.24, 2.45) is 0 Å². The van der Waals surface area contributed by atoms with Crippen LogP contribution in [0.25, 0.3) is 0 Å². The molecule has 0 radical (unpaired) electrons. The molecular formula is C13H13F2NO3. The first-order valence-electron chi connectivity index (χ1n) is 5.98. The maximum absolute atomic E-state index is 13.7. The van der Waals surface area contributed by atoms with E-state index in [4.69, 9.17) is 4.74 Å². The molecule has 19 heavy (non-hydrogen) atoms. The summed E-state index contributed by atoms with van der Waals surface area (Å²) < 4.78 is 31.4. The summed E-state index contributed by atoms with van der Waals surface area (Å²) in [6.45, 7) is 1.83. The van der Waals surface area contributed by atoms with Crippen molar-refractivity contribution in [1.29, 1.82) is 0 Å². The Balaban J connectivity index is 2.34. The van der Waals surface area contributed by atoms with Gasteiger partial charge in [0.2, 0.25) is 5.91 Å². The van der Waals surface area contributed by atoms with E-state index in [0.717, 1.165) is 17.0 Å². The highest BCUT2D eigenvalue weighted by Gasteiger charge is 2.39. The molecule has 1 atom stereocenters. The number of carbonyl (C=O) groups is 2. The Morgan fingerprint density at radius 1 is 1.47 bits per heavy atom. The molecule has 4 nitrogen and oxygen atoms in total. The molecule has 1 aromatic carbocycles. The zero-order valence-electron chi connectivity index (χ0n) is 10.4. The summed E-state index contributed by atoms with van der Waals surface area (Å²) in [6, 6.07) is 2.04. The van der Waals surface area contributed by atoms with Crippen molar-refractivity contribution in [2.75, 3.05) is 11.5 Å². The molecule has 0 spiro atoms. The smallest absolute Gasteiger partial charge is 0.329 e. The summed E-state index contributed by atoms with van der Waals surface area (Å²) in [5.74, 6) is -2.55. The summed E-state index contributed by atoms with van der Waals surface area (Å²) in [7, 11) is 0. The standard InChI is InChI=1S/C13H13F2NO3/c1-2-19-13(18)11-5-6-12(17)16(11)10-4-3-8(14)7-9(10)15/h3-4,7,11H,2,5-6H2,1H3. The summed E-state index contributed by atoms with van der Waals surface area (Å²) >= 11 is 0. The Bertz CT molecular complexity index is 519. The average Bonchev–Trinajstić information content (AvgIpc) is 2.72. The maximum atomic E-state index is 13.7. The van der Waals surface area contributed by atoms with Crippen LogP contribution in [0.2, 0.25) is 0 Å². The summed E-state index contributed by atoms with van der Waals surface area (Å²) in [5, 5.41) is 0. The van der Waals surface area contributed by atoms with Gasteiger partial charge in [-0.25, -0.2) is 13.6 Å². The molecule has 0 aliphatic carbocycles. The molecular weight excluding hydrogens is 256 g/mol. The number of benzene rings is 1. The zero-order chi connectivity index (χ0) is 14.0. The van der Waals surface area contributed by atoms with E-state index in [9.17, 15) is 18.4 Å². The van der Waals surface area contributed by atoms with Crippen molar-refractivity contribution in [2.45, 2.75) is 25.8 Å². The fourth-order valence-electron chi connectivity index (χ4n) is 2.12. The molecule has 102 valence electrons. The zero-order valence-corrected chi connectivity index (χ0v) is 10.4. The van der Waals surface area contributed by atoms with E-state index in [0.29, 0.717) is 6.07 Å². The molecule has 1 heterocycles. The highest BCUT2D eigenvalue weighted by molar-refractivity contribution is 6.02. The van der Waals surface area contributed by atoms with Crippen LogP contribution in [-0.4, -0.2) is 24.5 Å². The summed E-state index contributed by atoms with van der Waals surface area (Å²) in [4.78, 5) is 24.6. The van der Waals surface area contributed by atoms with Crippen LogP contribution in [0, 0.1) is 11.6 Å². The number of nitrogens with zero attached hydrogens (tertiary/aromatic N) is 1. The monoisotopic (exact) mass is 269 g/mol. The van der Waals surface area contributed by atoms with Crippen molar-refractivity contribution in [3.63, 3.8) is 0 Å². The quantitative estimate of drug-likeness (QED) is 0.789. The second kappa shape index (κ2) is 5.34. The lowest BCUT2D eigenvalue weighted by Gasteiger charge is -2.23. The minimum atomic E-state index is -0.871. The summed E-state index contributed by atoms with van der Waals surface area (Å²) in [5.41, 5.74) is -0.0954. The van der Waals surface area contributed by atoms with Crippen molar-refractivity contribution < 1.29 is 23.1 Å². The Morgan fingerprint density at radius 3 is 2.84 bits per heavy atom. The number of hydrogen-bond donors (Lipinski definition) is 0. The summed E-state index contributed by atoms with van der Waals surface area (Å²) in [6.07, 6.45) is 0.411. The van der Waals surface area contributed by atoms with Crippen LogP contribution in [0.3, 0.4) is 0 Å². The number of esters is 1. The normalized spacial score (nSPS) is 18.8. The van der Waals surface area contributed by atoms with Crippen LogP contribution in [0.5, 0.6) is 0 Å². The van der Waals surface area contributed by atoms with Gasteiger partial charge in [0, 0.05) is 12.5 Å². The van der Waals surface area contributed by atoms with Crippen molar-refractivity contribution in [1.82, 2.24) is 0 Å². The number of anilines is 1. The van der Waals surface area contributed by atoms with Gasteiger partial charge in [-0.1, -0.05) is 0 Å². The third-order valence-corrected chi connectivity index (χ3v) is 2.94. The van der Waals surface area contributed by atoms with E-state index >= 15 is 0 Å². The molecule has 0 aromatic heterocycles. The van der Waals surface area contributed by atoms with Gasteiger partial charge in [0.25, 0.3) is 0 Å². The van der Waals surface area contributed by atoms with E-state index in [1.54, 1.807) is 6.92 Å². The minimum Gasteiger partial charge on any atom is -0.464 e. The predicted molar refractivity (Wildman–Crippen MR) is 63.5 cm³/mol. The van der Waals surface area contributed by atoms with Gasteiger partial charge in [0.1, 0.15) is 17.7 Å². The first-order valence-corrected chi connectivity index (χ1v) is 5.98. The van der Waals surface area contributed by atoms with Crippen molar-refractivity contribution in [3.05, 3.63) is 29.8 Å². The SMILES string of the molecule is CCOC(=O)C1CCC(=O)N1c1ccc(F)cc1F. The lowest BCUT2D eigenvalue weighted by atomic mass is 10.2. The van der Waals surface area contributed by atoms with Crippen molar-refractivity contribution in [3.8, 4) is 0 Å². The van der Waals surface area contributed by atoms with Gasteiger partial charge in [-0.2, -0.15) is 0 Å². The van der Waals surface area contributed by atoms with Crippen LogP contribution in [0.1, 0.15) is 19.8 Å². The Morgan fingerprint density at radius 2 is 2.21 bits per heavy atom. The molecule has 1 fully saturated rings. The van der Waals surface area contributed by atoms with E-state index in [1.807, 2.05) is 0 Å². The highest BCUT2D eigenvalue weighted by atomic mass is 19.1. The molecule has 1 aliphatic heterocycles. The molecule has 1 aliphatic rings. The third-order valence-electron chi connectivity index (χ3n) is 2.94. The van der Waals surface area contributed by atoms with Gasteiger partial charge < -0.3 is 4.74 Å². The van der Waals surface area contributed by atoms with Crippen LogP contribution in [0.15, 0.2) is 18.2 Å². The van der Waals surface area contributed by atoms with Gasteiger partial charge in [0.05, 0.1) is 12.3 Å². The molecule has 0 saturated carbocycles. The molecule has 2 rings (SSSR count). The van der Waals surface area contributed by atoms with E-state index < -0.39 is 23.6 Å². The molecule has 1 unspecified atom stereocenters. The number of halogens is 2. The third kappa shape index (κ3) is 2.57. The van der Waals surface area contributed by atoms with E-state index in [2.05, 4.69) is 0 Å². The molecule has 1 saturated heterocycles. The van der Waals surface area contributed by atoms with E-state index in [1.165, 1.54) is 0 Å². The van der Waals surface area contributed by atoms with Crippen LogP contribution in [-0.2, 0) is 14.3 Å². The molecule has 1 amide bonds. The lowest BCUT2D eigenvalue weighted by molar-refractivity contribution is -0.144. The van der Waals surface area contributed by atoms with Gasteiger partial charge in [0.15, 0.2) is 0 Å². The molecule has 6 heteroatoms. The number of hydrogen-bond acceptors (Lipinski definition) is 3. The molecule has 1 aromatic rings. The van der Waals surface area contributed by atoms with Gasteiger partial charge >= 0.3 is 5.97 Å². The predicted octanol–water partition coefficient (Wildman–Crippen LogP) is 2.02. The second-order valence-corrected chi connectivity index (χ2v) is 4.17. The second-order valence-electron chi connectivity index (χ2n) is 4.17. The average molecular weight is 269 g/mol. The largest absolute Gasteiger partial charge is 0.464 e. The van der Waals surface area contributed by atoms with Gasteiger partial charge in [-0.05, 0) is 25.5 Å². The first-order chi connectivity index (χ1) is 9.04.